The predicted molar refractivity (Wildman–Crippen MR) is 68.3 cm³/mol. The number of likely N-dealkylation sites (N-methyl/N-ethyl adjacent to an activating group) is 1. The quantitative estimate of drug-likeness (QED) is 0.822. The SMILES string of the molecule is CCC(C)(C(N)Cc1ccncc1)N(C)C. The summed E-state index contributed by atoms with van der Waals surface area (Å²) in [5, 5.41) is 0. The topological polar surface area (TPSA) is 42.1 Å². The third-order valence-electron chi connectivity index (χ3n) is 3.74. The fourth-order valence-electron chi connectivity index (χ4n) is 1.90. The molecule has 3 heteroatoms. The van der Waals surface area contributed by atoms with Crippen LogP contribution in [0.5, 0.6) is 0 Å². The molecule has 0 amide bonds. The van der Waals surface area contributed by atoms with Crippen LogP contribution in [0.15, 0.2) is 24.5 Å². The van der Waals surface area contributed by atoms with E-state index in [1.165, 1.54) is 5.56 Å². The number of pyridine rings is 1. The number of nitrogens with two attached hydrogens (primary N) is 1. The van der Waals surface area contributed by atoms with Gasteiger partial charge in [0.15, 0.2) is 0 Å². The van der Waals surface area contributed by atoms with Crippen LogP contribution in [-0.4, -0.2) is 35.6 Å². The standard InChI is InChI=1S/C13H23N3/c1-5-13(2,16(3)4)12(14)10-11-6-8-15-9-7-11/h6-9,12H,5,10,14H2,1-4H3. The van der Waals surface area contributed by atoms with Crippen molar-refractivity contribution >= 4 is 0 Å². The van der Waals surface area contributed by atoms with Crippen LogP contribution in [0.3, 0.4) is 0 Å². The van der Waals surface area contributed by atoms with Crippen LogP contribution in [0.4, 0.5) is 0 Å². The molecule has 16 heavy (non-hydrogen) atoms. The maximum Gasteiger partial charge on any atom is 0.0326 e. The van der Waals surface area contributed by atoms with Crippen LogP contribution in [-0.2, 0) is 6.42 Å². The fourth-order valence-corrected chi connectivity index (χ4v) is 1.90. The molecule has 3 nitrogen and oxygen atoms in total. The number of hydrogen-bond acceptors (Lipinski definition) is 3. The van der Waals surface area contributed by atoms with Gasteiger partial charge in [-0.3, -0.25) is 4.98 Å². The minimum absolute atomic E-state index is 0.0449. The molecular formula is C13H23N3. The Labute approximate surface area is 98.7 Å². The summed E-state index contributed by atoms with van der Waals surface area (Å²) >= 11 is 0. The molecule has 0 aliphatic rings. The van der Waals surface area contributed by atoms with Crippen molar-refractivity contribution in [1.29, 1.82) is 0 Å². The molecule has 2 N–H and O–H groups in total. The second kappa shape index (κ2) is 5.41. The Kier molecular flexibility index (Phi) is 4.44. The Hall–Kier alpha value is -0.930. The maximum atomic E-state index is 6.33. The predicted octanol–water partition coefficient (Wildman–Crippen LogP) is 1.68. The van der Waals surface area contributed by atoms with Crippen LogP contribution < -0.4 is 5.73 Å². The smallest absolute Gasteiger partial charge is 0.0326 e. The Morgan fingerprint density at radius 2 is 1.94 bits per heavy atom. The van der Waals surface area contributed by atoms with Gasteiger partial charge in [0.2, 0.25) is 0 Å². The van der Waals surface area contributed by atoms with Crippen LogP contribution in [0.1, 0.15) is 25.8 Å². The molecule has 0 saturated carbocycles. The van der Waals surface area contributed by atoms with Crippen LogP contribution in [0, 0.1) is 0 Å². The summed E-state index contributed by atoms with van der Waals surface area (Å²) in [7, 11) is 4.19. The Bertz CT molecular complexity index is 310. The van der Waals surface area contributed by atoms with Crippen LogP contribution in [0.2, 0.25) is 0 Å². The third-order valence-corrected chi connectivity index (χ3v) is 3.74. The lowest BCUT2D eigenvalue weighted by Gasteiger charge is -2.41. The van der Waals surface area contributed by atoms with E-state index < -0.39 is 0 Å². The van der Waals surface area contributed by atoms with Gasteiger partial charge in [0, 0.05) is 24.0 Å². The zero-order valence-electron chi connectivity index (χ0n) is 10.8. The largest absolute Gasteiger partial charge is 0.326 e. The van der Waals surface area contributed by atoms with E-state index in [0.29, 0.717) is 0 Å². The highest BCUT2D eigenvalue weighted by atomic mass is 15.2. The molecule has 0 bridgehead atoms. The first-order valence-corrected chi connectivity index (χ1v) is 5.82. The van der Waals surface area contributed by atoms with Gasteiger partial charge in [-0.2, -0.15) is 0 Å². The van der Waals surface area contributed by atoms with E-state index in [1.54, 1.807) is 0 Å². The van der Waals surface area contributed by atoms with Crippen LogP contribution in [0.25, 0.3) is 0 Å². The molecule has 2 atom stereocenters. The zero-order valence-corrected chi connectivity index (χ0v) is 10.8. The highest BCUT2D eigenvalue weighted by molar-refractivity contribution is 5.13. The van der Waals surface area contributed by atoms with Gasteiger partial charge in [0.05, 0.1) is 0 Å². The van der Waals surface area contributed by atoms with Gasteiger partial charge in [-0.15, -0.1) is 0 Å². The summed E-state index contributed by atoms with van der Waals surface area (Å²) < 4.78 is 0. The van der Waals surface area contributed by atoms with Crippen molar-refractivity contribution in [3.63, 3.8) is 0 Å². The Balaban J connectivity index is 2.74. The van der Waals surface area contributed by atoms with Crippen molar-refractivity contribution in [2.24, 2.45) is 5.73 Å². The van der Waals surface area contributed by atoms with Crippen molar-refractivity contribution in [3.05, 3.63) is 30.1 Å². The van der Waals surface area contributed by atoms with E-state index in [4.69, 9.17) is 5.73 Å². The normalized spacial score (nSPS) is 17.1. The lowest BCUT2D eigenvalue weighted by molar-refractivity contribution is 0.131. The van der Waals surface area contributed by atoms with E-state index in [-0.39, 0.29) is 11.6 Å². The fraction of sp³-hybridized carbons (Fsp3) is 0.615. The first-order chi connectivity index (χ1) is 7.50. The zero-order chi connectivity index (χ0) is 12.2. The first kappa shape index (κ1) is 13.1. The second-order valence-corrected chi connectivity index (χ2v) is 4.77. The van der Waals surface area contributed by atoms with E-state index in [9.17, 15) is 0 Å². The highest BCUT2D eigenvalue weighted by Crippen LogP contribution is 2.22. The molecule has 0 aliphatic heterocycles. The molecule has 1 heterocycles. The van der Waals surface area contributed by atoms with Gasteiger partial charge in [-0.05, 0) is 51.6 Å². The van der Waals surface area contributed by atoms with Gasteiger partial charge in [-0.25, -0.2) is 0 Å². The molecule has 0 radical (unpaired) electrons. The summed E-state index contributed by atoms with van der Waals surface area (Å²) in [4.78, 5) is 6.24. The summed E-state index contributed by atoms with van der Waals surface area (Å²) in [6.07, 6.45) is 5.58. The Morgan fingerprint density at radius 3 is 2.38 bits per heavy atom. The second-order valence-electron chi connectivity index (χ2n) is 4.77. The minimum Gasteiger partial charge on any atom is -0.326 e. The molecule has 0 aromatic carbocycles. The van der Waals surface area contributed by atoms with Crippen molar-refractivity contribution < 1.29 is 0 Å². The first-order valence-electron chi connectivity index (χ1n) is 5.82. The van der Waals surface area contributed by atoms with Crippen molar-refractivity contribution in [1.82, 2.24) is 9.88 Å². The molecule has 2 unspecified atom stereocenters. The van der Waals surface area contributed by atoms with Crippen molar-refractivity contribution in [2.75, 3.05) is 14.1 Å². The Morgan fingerprint density at radius 1 is 1.38 bits per heavy atom. The molecule has 1 rings (SSSR count). The molecule has 0 spiro atoms. The van der Waals surface area contributed by atoms with E-state index in [0.717, 1.165) is 12.8 Å². The third kappa shape index (κ3) is 2.80. The van der Waals surface area contributed by atoms with Crippen molar-refractivity contribution in [3.8, 4) is 0 Å². The van der Waals surface area contributed by atoms with Crippen LogP contribution >= 0.6 is 0 Å². The number of rotatable bonds is 5. The van der Waals surface area contributed by atoms with E-state index in [1.807, 2.05) is 24.5 Å². The van der Waals surface area contributed by atoms with E-state index in [2.05, 4.69) is 37.8 Å². The molecular weight excluding hydrogens is 198 g/mol. The summed E-state index contributed by atoms with van der Waals surface area (Å²) in [6.45, 7) is 4.41. The number of aromatic nitrogens is 1. The van der Waals surface area contributed by atoms with E-state index >= 15 is 0 Å². The lowest BCUT2D eigenvalue weighted by Crippen LogP contribution is -2.55. The van der Waals surface area contributed by atoms with Crippen molar-refractivity contribution in [2.45, 2.75) is 38.3 Å². The van der Waals surface area contributed by atoms with Gasteiger partial charge in [-0.1, -0.05) is 6.92 Å². The number of nitrogens with zero attached hydrogens (tertiary/aromatic N) is 2. The van der Waals surface area contributed by atoms with Gasteiger partial charge < -0.3 is 10.6 Å². The maximum absolute atomic E-state index is 6.33. The van der Waals surface area contributed by atoms with Gasteiger partial charge in [0.1, 0.15) is 0 Å². The molecule has 90 valence electrons. The molecule has 1 aromatic heterocycles. The molecule has 0 fully saturated rings. The summed E-state index contributed by atoms with van der Waals surface area (Å²) in [6, 6.07) is 4.20. The summed E-state index contributed by atoms with van der Waals surface area (Å²) in [5.41, 5.74) is 7.63. The molecule has 0 aliphatic carbocycles. The van der Waals surface area contributed by atoms with Gasteiger partial charge >= 0.3 is 0 Å². The van der Waals surface area contributed by atoms with Gasteiger partial charge in [0.25, 0.3) is 0 Å². The molecule has 1 aromatic rings. The lowest BCUT2D eigenvalue weighted by atomic mass is 9.85. The minimum atomic E-state index is 0.0449. The average Bonchev–Trinajstić information content (AvgIpc) is 2.28. The molecule has 0 saturated heterocycles. The number of hydrogen-bond donors (Lipinski definition) is 1. The average molecular weight is 221 g/mol. The monoisotopic (exact) mass is 221 g/mol. The highest BCUT2D eigenvalue weighted by Gasteiger charge is 2.31. The summed E-state index contributed by atoms with van der Waals surface area (Å²) in [5.74, 6) is 0.